The molecule has 1 heterocycles. The number of halogens is 2. The highest BCUT2D eigenvalue weighted by Gasteiger charge is 2.06. The number of nitrogens with one attached hydrogen (secondary N) is 1. The van der Waals surface area contributed by atoms with Crippen LogP contribution in [-0.4, -0.2) is 9.78 Å². The van der Waals surface area contributed by atoms with Gasteiger partial charge in [-0.05, 0) is 35.9 Å². The van der Waals surface area contributed by atoms with Crippen molar-refractivity contribution in [1.29, 1.82) is 0 Å². The minimum atomic E-state index is -0.333. The Morgan fingerprint density at radius 2 is 2.00 bits per heavy atom. The number of anilines is 1. The molecule has 0 bridgehead atoms. The molecule has 3 nitrogen and oxygen atoms in total. The Morgan fingerprint density at radius 1 is 1.14 bits per heavy atom. The van der Waals surface area contributed by atoms with E-state index >= 15 is 0 Å². The maximum Gasteiger partial charge on any atom is 0.124 e. The van der Waals surface area contributed by atoms with E-state index < -0.39 is 0 Å². The Hall–Kier alpha value is -2.33. The zero-order chi connectivity index (χ0) is 14.7. The quantitative estimate of drug-likeness (QED) is 0.779. The molecule has 0 saturated carbocycles. The van der Waals surface area contributed by atoms with Gasteiger partial charge in [-0.1, -0.05) is 29.8 Å². The van der Waals surface area contributed by atoms with Crippen LogP contribution in [0, 0.1) is 5.82 Å². The Kier molecular flexibility index (Phi) is 3.88. The number of nitrogens with zero attached hydrogens (tertiary/aromatic N) is 2. The topological polar surface area (TPSA) is 29.9 Å². The molecule has 2 aromatic carbocycles. The van der Waals surface area contributed by atoms with E-state index in [1.54, 1.807) is 16.9 Å². The molecular weight excluding hydrogens is 289 g/mol. The lowest BCUT2D eigenvalue weighted by molar-refractivity contribution is 0.627. The van der Waals surface area contributed by atoms with Gasteiger partial charge in [0.1, 0.15) is 5.82 Å². The van der Waals surface area contributed by atoms with Gasteiger partial charge in [0.15, 0.2) is 0 Å². The number of aromatic nitrogens is 2. The Bertz CT molecular complexity index is 741. The van der Waals surface area contributed by atoms with Gasteiger partial charge in [0.25, 0.3) is 0 Å². The summed E-state index contributed by atoms with van der Waals surface area (Å²) in [7, 11) is 0. The third kappa shape index (κ3) is 3.06. The van der Waals surface area contributed by atoms with Crippen molar-refractivity contribution in [2.45, 2.75) is 6.54 Å². The van der Waals surface area contributed by atoms with Gasteiger partial charge >= 0.3 is 0 Å². The van der Waals surface area contributed by atoms with Crippen LogP contribution in [0.1, 0.15) is 5.56 Å². The monoisotopic (exact) mass is 301 g/mol. The van der Waals surface area contributed by atoms with Crippen LogP contribution in [0.3, 0.4) is 0 Å². The molecule has 0 radical (unpaired) electrons. The van der Waals surface area contributed by atoms with Crippen LogP contribution in [0.2, 0.25) is 5.02 Å². The number of hydrogen-bond donors (Lipinski definition) is 1. The highest BCUT2D eigenvalue weighted by atomic mass is 35.5. The second-order valence-electron chi connectivity index (χ2n) is 4.56. The number of rotatable bonds is 4. The first-order valence-electron chi connectivity index (χ1n) is 6.51. The van der Waals surface area contributed by atoms with E-state index in [2.05, 4.69) is 10.4 Å². The van der Waals surface area contributed by atoms with Crippen molar-refractivity contribution < 1.29 is 4.39 Å². The maximum atomic E-state index is 13.0. The van der Waals surface area contributed by atoms with E-state index in [9.17, 15) is 4.39 Å². The standard InChI is InChI=1S/C16H13ClFN3/c17-14-10-13(18)7-6-12(14)11-19-15-4-1-2-5-16(15)21-9-3-8-20-21/h1-10,19H,11H2. The van der Waals surface area contributed by atoms with Gasteiger partial charge in [0, 0.05) is 24.0 Å². The van der Waals surface area contributed by atoms with Crippen molar-refractivity contribution in [3.63, 3.8) is 0 Å². The minimum absolute atomic E-state index is 0.333. The summed E-state index contributed by atoms with van der Waals surface area (Å²) >= 11 is 6.04. The summed E-state index contributed by atoms with van der Waals surface area (Å²) in [6.07, 6.45) is 3.61. The smallest absolute Gasteiger partial charge is 0.124 e. The average molecular weight is 302 g/mol. The molecule has 21 heavy (non-hydrogen) atoms. The van der Waals surface area contributed by atoms with Gasteiger partial charge in [0.2, 0.25) is 0 Å². The fraction of sp³-hybridized carbons (Fsp3) is 0.0625. The molecule has 0 spiro atoms. The van der Waals surface area contributed by atoms with Crippen LogP contribution in [-0.2, 0) is 6.54 Å². The first-order chi connectivity index (χ1) is 10.2. The van der Waals surface area contributed by atoms with E-state index in [-0.39, 0.29) is 5.82 Å². The molecule has 3 aromatic rings. The van der Waals surface area contributed by atoms with Gasteiger partial charge in [-0.3, -0.25) is 0 Å². The molecule has 106 valence electrons. The summed E-state index contributed by atoms with van der Waals surface area (Å²) in [6.45, 7) is 0.511. The fourth-order valence-corrected chi connectivity index (χ4v) is 2.32. The molecule has 0 saturated heterocycles. The van der Waals surface area contributed by atoms with Crippen LogP contribution >= 0.6 is 11.6 Å². The fourth-order valence-electron chi connectivity index (χ4n) is 2.09. The molecular formula is C16H13ClFN3. The molecule has 0 atom stereocenters. The molecule has 1 N–H and O–H groups in total. The number of hydrogen-bond acceptors (Lipinski definition) is 2. The first kappa shape index (κ1) is 13.6. The number of para-hydroxylation sites is 2. The summed E-state index contributed by atoms with van der Waals surface area (Å²) in [5.74, 6) is -0.333. The van der Waals surface area contributed by atoms with E-state index in [1.807, 2.05) is 36.5 Å². The van der Waals surface area contributed by atoms with Gasteiger partial charge in [0.05, 0.1) is 11.4 Å². The van der Waals surface area contributed by atoms with Crippen LogP contribution < -0.4 is 5.32 Å². The lowest BCUT2D eigenvalue weighted by Crippen LogP contribution is -2.05. The third-order valence-electron chi connectivity index (χ3n) is 3.14. The molecule has 0 unspecified atom stereocenters. The van der Waals surface area contributed by atoms with Crippen molar-refractivity contribution >= 4 is 17.3 Å². The van der Waals surface area contributed by atoms with E-state index in [0.717, 1.165) is 16.9 Å². The Balaban J connectivity index is 1.83. The summed E-state index contributed by atoms with van der Waals surface area (Å²) in [5, 5.41) is 7.96. The lowest BCUT2D eigenvalue weighted by atomic mass is 10.2. The summed E-state index contributed by atoms with van der Waals surface area (Å²) in [6, 6.07) is 14.1. The Morgan fingerprint density at radius 3 is 2.76 bits per heavy atom. The maximum absolute atomic E-state index is 13.0. The molecule has 0 aliphatic carbocycles. The van der Waals surface area contributed by atoms with Crippen LogP contribution in [0.5, 0.6) is 0 Å². The molecule has 0 fully saturated rings. The second-order valence-corrected chi connectivity index (χ2v) is 4.96. The zero-order valence-electron chi connectivity index (χ0n) is 11.1. The van der Waals surface area contributed by atoms with Crippen molar-refractivity contribution in [2.75, 3.05) is 5.32 Å². The van der Waals surface area contributed by atoms with Gasteiger partial charge in [-0.25, -0.2) is 9.07 Å². The van der Waals surface area contributed by atoms with E-state index in [1.165, 1.54) is 12.1 Å². The van der Waals surface area contributed by atoms with Gasteiger partial charge < -0.3 is 5.32 Å². The molecule has 1 aromatic heterocycles. The van der Waals surface area contributed by atoms with E-state index in [0.29, 0.717) is 11.6 Å². The molecule has 0 aliphatic rings. The predicted molar refractivity (Wildman–Crippen MR) is 82.3 cm³/mol. The van der Waals surface area contributed by atoms with Crippen LogP contribution in [0.4, 0.5) is 10.1 Å². The van der Waals surface area contributed by atoms with Crippen LogP contribution in [0.15, 0.2) is 60.9 Å². The first-order valence-corrected chi connectivity index (χ1v) is 6.89. The summed E-state index contributed by atoms with van der Waals surface area (Å²) in [4.78, 5) is 0. The van der Waals surface area contributed by atoms with Gasteiger partial charge in [-0.15, -0.1) is 0 Å². The molecule has 0 amide bonds. The molecule has 3 rings (SSSR count). The van der Waals surface area contributed by atoms with Crippen molar-refractivity contribution in [3.05, 3.63) is 77.3 Å². The molecule has 0 aliphatic heterocycles. The van der Waals surface area contributed by atoms with Crippen molar-refractivity contribution in [1.82, 2.24) is 9.78 Å². The van der Waals surface area contributed by atoms with Gasteiger partial charge in [-0.2, -0.15) is 5.10 Å². The molecule has 5 heteroatoms. The minimum Gasteiger partial charge on any atom is -0.379 e. The third-order valence-corrected chi connectivity index (χ3v) is 3.49. The normalized spacial score (nSPS) is 10.6. The summed E-state index contributed by atoms with van der Waals surface area (Å²) < 4.78 is 14.8. The lowest BCUT2D eigenvalue weighted by Gasteiger charge is -2.12. The van der Waals surface area contributed by atoms with E-state index in [4.69, 9.17) is 11.6 Å². The Labute approximate surface area is 127 Å². The highest BCUT2D eigenvalue weighted by molar-refractivity contribution is 6.31. The van der Waals surface area contributed by atoms with Crippen molar-refractivity contribution in [3.8, 4) is 5.69 Å². The SMILES string of the molecule is Fc1ccc(CNc2ccccc2-n2cccn2)c(Cl)c1. The highest BCUT2D eigenvalue weighted by Crippen LogP contribution is 2.22. The van der Waals surface area contributed by atoms with Crippen LogP contribution in [0.25, 0.3) is 5.69 Å². The summed E-state index contributed by atoms with van der Waals surface area (Å²) in [5.41, 5.74) is 2.72. The predicted octanol–water partition coefficient (Wildman–Crippen LogP) is 4.28. The number of benzene rings is 2. The average Bonchev–Trinajstić information content (AvgIpc) is 3.01. The zero-order valence-corrected chi connectivity index (χ0v) is 11.9. The largest absolute Gasteiger partial charge is 0.379 e. The second kappa shape index (κ2) is 5.97. The van der Waals surface area contributed by atoms with Crippen molar-refractivity contribution in [2.24, 2.45) is 0 Å².